The van der Waals surface area contributed by atoms with Crippen molar-refractivity contribution in [3.63, 3.8) is 0 Å². The topological polar surface area (TPSA) is 73.8 Å². The molecule has 3 heterocycles. The SMILES string of the molecule is Cc1sc2nc(SCc3nnc(-c4ccccc4Cl)o3)n(C)c(=O)c2c1C. The van der Waals surface area contributed by atoms with Crippen LogP contribution in [0.25, 0.3) is 21.7 Å². The maximum absolute atomic E-state index is 12.7. The van der Waals surface area contributed by atoms with Crippen LogP contribution in [-0.4, -0.2) is 19.7 Å². The van der Waals surface area contributed by atoms with Crippen molar-refractivity contribution in [1.82, 2.24) is 19.7 Å². The van der Waals surface area contributed by atoms with Crippen molar-refractivity contribution < 1.29 is 4.42 Å². The first-order valence-corrected chi connectivity index (χ1v) is 10.3. The molecule has 0 saturated heterocycles. The fourth-order valence-corrected chi connectivity index (χ4v) is 4.76. The van der Waals surface area contributed by atoms with Crippen molar-refractivity contribution in [1.29, 1.82) is 0 Å². The van der Waals surface area contributed by atoms with Crippen LogP contribution in [0.1, 0.15) is 16.3 Å². The average Bonchev–Trinajstić information content (AvgIpc) is 3.22. The Kier molecular flexibility index (Phi) is 4.79. The van der Waals surface area contributed by atoms with Gasteiger partial charge in [0.25, 0.3) is 5.56 Å². The summed E-state index contributed by atoms with van der Waals surface area (Å²) in [6, 6.07) is 7.30. The van der Waals surface area contributed by atoms with Gasteiger partial charge in [-0.2, -0.15) is 0 Å². The summed E-state index contributed by atoms with van der Waals surface area (Å²) < 4.78 is 7.28. The average molecular weight is 419 g/mol. The summed E-state index contributed by atoms with van der Waals surface area (Å²) in [5.41, 5.74) is 1.66. The van der Waals surface area contributed by atoms with E-state index < -0.39 is 0 Å². The third-order valence-electron chi connectivity index (χ3n) is 4.27. The fourth-order valence-electron chi connectivity index (χ4n) is 2.67. The van der Waals surface area contributed by atoms with Gasteiger partial charge in [-0.15, -0.1) is 21.5 Å². The van der Waals surface area contributed by atoms with Crippen LogP contribution in [0.15, 0.2) is 38.6 Å². The molecule has 0 atom stereocenters. The number of fused-ring (bicyclic) bond motifs is 1. The maximum atomic E-state index is 12.7. The third kappa shape index (κ3) is 3.28. The summed E-state index contributed by atoms with van der Waals surface area (Å²) >= 11 is 9.09. The van der Waals surface area contributed by atoms with Crippen LogP contribution >= 0.6 is 34.7 Å². The smallest absolute Gasteiger partial charge is 0.262 e. The van der Waals surface area contributed by atoms with Crippen molar-refractivity contribution in [3.8, 4) is 11.5 Å². The number of thiophene rings is 1. The van der Waals surface area contributed by atoms with Gasteiger partial charge in [0.05, 0.1) is 21.7 Å². The number of benzene rings is 1. The highest BCUT2D eigenvalue weighted by Gasteiger charge is 2.16. The minimum absolute atomic E-state index is 0.0355. The van der Waals surface area contributed by atoms with E-state index in [2.05, 4.69) is 15.2 Å². The van der Waals surface area contributed by atoms with Gasteiger partial charge in [-0.1, -0.05) is 35.5 Å². The number of hydrogen-bond donors (Lipinski definition) is 0. The van der Waals surface area contributed by atoms with E-state index in [9.17, 15) is 4.79 Å². The van der Waals surface area contributed by atoms with E-state index in [-0.39, 0.29) is 5.56 Å². The molecule has 0 aliphatic rings. The summed E-state index contributed by atoms with van der Waals surface area (Å²) in [6.45, 7) is 3.96. The predicted octanol–water partition coefficient (Wildman–Crippen LogP) is 4.61. The Balaban J connectivity index is 1.60. The van der Waals surface area contributed by atoms with Gasteiger partial charge in [0.1, 0.15) is 4.83 Å². The molecule has 4 rings (SSSR count). The fraction of sp³-hybridized carbons (Fsp3) is 0.222. The minimum Gasteiger partial charge on any atom is -0.420 e. The van der Waals surface area contributed by atoms with Gasteiger partial charge in [0.2, 0.25) is 11.8 Å². The van der Waals surface area contributed by atoms with Crippen LogP contribution in [0.2, 0.25) is 5.02 Å². The van der Waals surface area contributed by atoms with Crippen LogP contribution in [-0.2, 0) is 12.8 Å². The Hall–Kier alpha value is -2.16. The van der Waals surface area contributed by atoms with E-state index in [0.29, 0.717) is 38.7 Å². The zero-order valence-corrected chi connectivity index (χ0v) is 17.2. The molecule has 0 bridgehead atoms. The Bertz CT molecular complexity index is 1210. The largest absolute Gasteiger partial charge is 0.420 e. The summed E-state index contributed by atoms with van der Waals surface area (Å²) in [5.74, 6) is 1.23. The standard InChI is InChI=1S/C18H15ClN4O2S2/c1-9-10(2)27-16-14(9)17(24)23(3)18(20-16)26-8-13-21-22-15(25-13)11-6-4-5-7-12(11)19/h4-7H,8H2,1-3H3. The Morgan fingerprint density at radius 2 is 2.04 bits per heavy atom. The molecule has 0 aliphatic heterocycles. The molecular formula is C18H15ClN4O2S2. The lowest BCUT2D eigenvalue weighted by atomic mass is 10.2. The van der Waals surface area contributed by atoms with Gasteiger partial charge in [0, 0.05) is 11.9 Å². The van der Waals surface area contributed by atoms with Crippen molar-refractivity contribution in [3.05, 3.63) is 56.0 Å². The van der Waals surface area contributed by atoms with Gasteiger partial charge < -0.3 is 4.42 Å². The predicted molar refractivity (Wildman–Crippen MR) is 109 cm³/mol. The van der Waals surface area contributed by atoms with Crippen molar-refractivity contribution in [2.75, 3.05) is 0 Å². The molecule has 0 unspecified atom stereocenters. The van der Waals surface area contributed by atoms with E-state index in [0.717, 1.165) is 15.3 Å². The second-order valence-corrected chi connectivity index (χ2v) is 8.54. The molecule has 0 N–H and O–H groups in total. The zero-order valence-electron chi connectivity index (χ0n) is 14.8. The summed E-state index contributed by atoms with van der Waals surface area (Å²) in [4.78, 5) is 19.2. The van der Waals surface area contributed by atoms with E-state index in [1.165, 1.54) is 23.1 Å². The van der Waals surface area contributed by atoms with Crippen LogP contribution in [0.4, 0.5) is 0 Å². The number of hydrogen-bond acceptors (Lipinski definition) is 7. The number of rotatable bonds is 4. The van der Waals surface area contributed by atoms with Gasteiger partial charge in [-0.25, -0.2) is 4.98 Å². The number of thioether (sulfide) groups is 1. The molecule has 0 radical (unpaired) electrons. The summed E-state index contributed by atoms with van der Waals surface area (Å²) in [5, 5.41) is 10.0. The first kappa shape index (κ1) is 18.2. The first-order chi connectivity index (χ1) is 13.0. The molecule has 0 aliphatic carbocycles. The van der Waals surface area contributed by atoms with E-state index in [4.69, 9.17) is 16.0 Å². The Morgan fingerprint density at radius 3 is 2.81 bits per heavy atom. The Morgan fingerprint density at radius 1 is 1.26 bits per heavy atom. The molecule has 1 aromatic carbocycles. The summed E-state index contributed by atoms with van der Waals surface area (Å²) in [6.07, 6.45) is 0. The number of nitrogens with zero attached hydrogens (tertiary/aromatic N) is 4. The van der Waals surface area contributed by atoms with Gasteiger partial charge >= 0.3 is 0 Å². The molecule has 9 heteroatoms. The zero-order chi connectivity index (χ0) is 19.1. The van der Waals surface area contributed by atoms with Crippen LogP contribution in [0, 0.1) is 13.8 Å². The lowest BCUT2D eigenvalue weighted by Gasteiger charge is -2.05. The van der Waals surface area contributed by atoms with E-state index >= 15 is 0 Å². The molecule has 6 nitrogen and oxygen atoms in total. The van der Waals surface area contributed by atoms with Crippen molar-refractivity contribution in [2.24, 2.45) is 7.05 Å². The molecule has 0 fully saturated rings. The third-order valence-corrected chi connectivity index (χ3v) is 6.71. The van der Waals surface area contributed by atoms with Crippen molar-refractivity contribution in [2.45, 2.75) is 24.8 Å². The van der Waals surface area contributed by atoms with Crippen LogP contribution in [0.3, 0.4) is 0 Å². The lowest BCUT2D eigenvalue weighted by Crippen LogP contribution is -2.19. The monoisotopic (exact) mass is 418 g/mol. The highest BCUT2D eigenvalue weighted by atomic mass is 35.5. The number of aromatic nitrogens is 4. The quantitative estimate of drug-likeness (QED) is 0.356. The normalized spacial score (nSPS) is 11.4. The highest BCUT2D eigenvalue weighted by molar-refractivity contribution is 7.98. The van der Waals surface area contributed by atoms with Crippen LogP contribution in [0.5, 0.6) is 0 Å². The molecule has 4 aromatic rings. The lowest BCUT2D eigenvalue weighted by molar-refractivity contribution is 0.528. The minimum atomic E-state index is -0.0355. The van der Waals surface area contributed by atoms with Gasteiger partial charge in [-0.05, 0) is 31.5 Å². The second-order valence-electron chi connectivity index (χ2n) is 5.99. The van der Waals surface area contributed by atoms with Gasteiger partial charge in [-0.3, -0.25) is 9.36 Å². The Labute approximate surface area is 168 Å². The first-order valence-electron chi connectivity index (χ1n) is 8.12. The van der Waals surface area contributed by atoms with E-state index in [1.54, 1.807) is 17.7 Å². The highest BCUT2D eigenvalue weighted by Crippen LogP contribution is 2.30. The number of halogens is 1. The second kappa shape index (κ2) is 7.10. The molecule has 27 heavy (non-hydrogen) atoms. The van der Waals surface area contributed by atoms with Gasteiger partial charge in [0.15, 0.2) is 5.16 Å². The molecule has 3 aromatic heterocycles. The summed E-state index contributed by atoms with van der Waals surface area (Å²) in [7, 11) is 1.73. The molecule has 0 spiro atoms. The maximum Gasteiger partial charge on any atom is 0.262 e. The van der Waals surface area contributed by atoms with E-state index in [1.807, 2.05) is 32.0 Å². The molecule has 0 saturated carbocycles. The molecule has 138 valence electrons. The number of aryl methyl sites for hydroxylation is 2. The van der Waals surface area contributed by atoms with Crippen molar-refractivity contribution >= 4 is 44.9 Å². The van der Waals surface area contributed by atoms with Crippen LogP contribution < -0.4 is 5.56 Å². The molecule has 0 amide bonds. The molecular weight excluding hydrogens is 404 g/mol.